The minimum absolute atomic E-state index is 0.199. The van der Waals surface area contributed by atoms with Gasteiger partial charge in [-0.1, -0.05) is 6.07 Å². The molecule has 3 rings (SSSR count). The number of halogens is 1. The lowest BCUT2D eigenvalue weighted by Crippen LogP contribution is -2.25. The number of nitrogens with one attached hydrogen (secondary N) is 1. The first kappa shape index (κ1) is 17.5. The van der Waals surface area contributed by atoms with E-state index in [1.807, 2.05) is 26.0 Å². The van der Waals surface area contributed by atoms with Crippen molar-refractivity contribution in [1.29, 1.82) is 0 Å². The third kappa shape index (κ3) is 4.03. The van der Waals surface area contributed by atoms with Gasteiger partial charge in [-0.3, -0.25) is 9.78 Å². The minimum Gasteiger partial charge on any atom is -0.346 e. The van der Waals surface area contributed by atoms with Crippen molar-refractivity contribution < 1.29 is 9.18 Å². The predicted molar refractivity (Wildman–Crippen MR) is 98.1 cm³/mol. The van der Waals surface area contributed by atoms with Crippen molar-refractivity contribution >= 4 is 12.0 Å². The Hall–Kier alpha value is -3.28. The third-order valence-electron chi connectivity index (χ3n) is 4.06. The Morgan fingerprint density at radius 3 is 2.69 bits per heavy atom. The van der Waals surface area contributed by atoms with Crippen molar-refractivity contribution in [3.63, 3.8) is 0 Å². The van der Waals surface area contributed by atoms with Crippen molar-refractivity contribution in [3.8, 4) is 5.69 Å². The number of hydrogen-bond donors (Lipinski definition) is 1. The molecule has 1 unspecified atom stereocenters. The normalized spacial score (nSPS) is 12.3. The molecular weight excluding hydrogens is 331 g/mol. The van der Waals surface area contributed by atoms with Crippen LogP contribution in [-0.2, 0) is 4.79 Å². The van der Waals surface area contributed by atoms with Gasteiger partial charge < -0.3 is 5.32 Å². The largest absolute Gasteiger partial charge is 0.346 e. The Labute approximate surface area is 151 Å². The molecule has 3 aromatic rings. The highest BCUT2D eigenvalue weighted by Crippen LogP contribution is 2.20. The van der Waals surface area contributed by atoms with Gasteiger partial charge >= 0.3 is 0 Å². The maximum absolute atomic E-state index is 13.1. The van der Waals surface area contributed by atoms with Gasteiger partial charge in [-0.05, 0) is 55.8 Å². The fourth-order valence-corrected chi connectivity index (χ4v) is 2.68. The molecule has 0 saturated heterocycles. The number of amides is 1. The first-order valence-corrected chi connectivity index (χ1v) is 8.23. The first-order valence-electron chi connectivity index (χ1n) is 8.23. The summed E-state index contributed by atoms with van der Waals surface area (Å²) in [5, 5.41) is 7.28. The Morgan fingerprint density at radius 2 is 2.00 bits per heavy atom. The Morgan fingerprint density at radius 1 is 1.23 bits per heavy atom. The number of carbonyl (C=O) groups is 1. The SMILES string of the molecule is Cc1c(C(C)NC(=O)/C=C/c2cccnc2)cnn1-c1ccc(F)cc1. The summed E-state index contributed by atoms with van der Waals surface area (Å²) in [6.07, 6.45) is 8.27. The highest BCUT2D eigenvalue weighted by Gasteiger charge is 2.15. The lowest BCUT2D eigenvalue weighted by molar-refractivity contribution is -0.117. The molecule has 1 N–H and O–H groups in total. The average Bonchev–Trinajstić information content (AvgIpc) is 3.03. The Balaban J connectivity index is 1.70. The fraction of sp³-hybridized carbons (Fsp3) is 0.150. The van der Waals surface area contributed by atoms with E-state index in [1.54, 1.807) is 41.5 Å². The van der Waals surface area contributed by atoms with Crippen LogP contribution in [0.4, 0.5) is 4.39 Å². The monoisotopic (exact) mass is 350 g/mol. The van der Waals surface area contributed by atoms with Gasteiger partial charge in [-0.25, -0.2) is 9.07 Å². The topological polar surface area (TPSA) is 59.8 Å². The third-order valence-corrected chi connectivity index (χ3v) is 4.06. The molecule has 0 spiro atoms. The molecule has 0 aliphatic rings. The summed E-state index contributed by atoms with van der Waals surface area (Å²) >= 11 is 0. The summed E-state index contributed by atoms with van der Waals surface area (Å²) in [7, 11) is 0. The Bertz CT molecular complexity index is 917. The zero-order valence-electron chi connectivity index (χ0n) is 14.6. The minimum atomic E-state index is -0.292. The molecule has 0 bridgehead atoms. The van der Waals surface area contributed by atoms with E-state index in [0.717, 1.165) is 22.5 Å². The van der Waals surface area contributed by atoms with Gasteiger partial charge in [0.15, 0.2) is 0 Å². The van der Waals surface area contributed by atoms with Gasteiger partial charge in [0, 0.05) is 29.7 Å². The smallest absolute Gasteiger partial charge is 0.244 e. The summed E-state index contributed by atoms with van der Waals surface area (Å²) in [5.41, 5.74) is 3.42. The summed E-state index contributed by atoms with van der Waals surface area (Å²) in [6, 6.07) is 9.59. The molecule has 0 aliphatic heterocycles. The van der Waals surface area contributed by atoms with E-state index in [-0.39, 0.29) is 17.8 Å². The maximum atomic E-state index is 13.1. The van der Waals surface area contributed by atoms with Crippen LogP contribution in [0.15, 0.2) is 61.1 Å². The van der Waals surface area contributed by atoms with Gasteiger partial charge in [0.2, 0.25) is 5.91 Å². The van der Waals surface area contributed by atoms with Crippen LogP contribution in [0.1, 0.15) is 29.8 Å². The van der Waals surface area contributed by atoms with E-state index >= 15 is 0 Å². The molecular formula is C20H19FN4O. The summed E-state index contributed by atoms with van der Waals surface area (Å²) in [6.45, 7) is 3.81. The number of nitrogens with zero attached hydrogens (tertiary/aromatic N) is 3. The molecule has 0 radical (unpaired) electrons. The van der Waals surface area contributed by atoms with Gasteiger partial charge in [-0.15, -0.1) is 0 Å². The van der Waals surface area contributed by atoms with Crippen molar-refractivity contribution in [1.82, 2.24) is 20.1 Å². The number of benzene rings is 1. The number of hydrogen-bond acceptors (Lipinski definition) is 3. The van der Waals surface area contributed by atoms with Crippen molar-refractivity contribution in [3.05, 3.63) is 83.7 Å². The Kier molecular flexibility index (Phi) is 5.22. The standard InChI is InChI=1S/C20H19FN4O/c1-14(24-20(26)10-5-16-4-3-11-22-12-16)19-13-23-25(15(19)2)18-8-6-17(21)7-9-18/h3-14H,1-2H3,(H,24,26)/b10-5+. The van der Waals surface area contributed by atoms with Crippen LogP contribution in [0, 0.1) is 12.7 Å². The lowest BCUT2D eigenvalue weighted by atomic mass is 10.1. The van der Waals surface area contributed by atoms with Crippen LogP contribution >= 0.6 is 0 Å². The molecule has 132 valence electrons. The second kappa shape index (κ2) is 7.74. The van der Waals surface area contributed by atoms with Crippen LogP contribution in [0.5, 0.6) is 0 Å². The van der Waals surface area contributed by atoms with E-state index in [9.17, 15) is 9.18 Å². The number of aromatic nitrogens is 3. The van der Waals surface area contributed by atoms with Gasteiger partial charge in [0.05, 0.1) is 17.9 Å². The molecule has 0 saturated carbocycles. The lowest BCUT2D eigenvalue weighted by Gasteiger charge is -2.13. The van der Waals surface area contributed by atoms with Crippen LogP contribution in [0.25, 0.3) is 11.8 Å². The van der Waals surface area contributed by atoms with Gasteiger partial charge in [0.25, 0.3) is 0 Å². The molecule has 1 amide bonds. The second-order valence-electron chi connectivity index (χ2n) is 5.92. The zero-order chi connectivity index (χ0) is 18.5. The second-order valence-corrected chi connectivity index (χ2v) is 5.92. The predicted octanol–water partition coefficient (Wildman–Crippen LogP) is 3.61. The molecule has 6 heteroatoms. The molecule has 5 nitrogen and oxygen atoms in total. The summed E-state index contributed by atoms with van der Waals surface area (Å²) < 4.78 is 14.8. The molecule has 2 heterocycles. The van der Waals surface area contributed by atoms with Crippen LogP contribution in [0.2, 0.25) is 0 Å². The van der Waals surface area contributed by atoms with E-state index in [2.05, 4.69) is 15.4 Å². The summed E-state index contributed by atoms with van der Waals surface area (Å²) in [4.78, 5) is 16.1. The number of rotatable bonds is 5. The quantitative estimate of drug-likeness (QED) is 0.715. The fourth-order valence-electron chi connectivity index (χ4n) is 2.68. The molecule has 2 aromatic heterocycles. The molecule has 0 fully saturated rings. The van der Waals surface area contributed by atoms with E-state index in [4.69, 9.17) is 0 Å². The van der Waals surface area contributed by atoms with E-state index in [0.29, 0.717) is 0 Å². The molecule has 26 heavy (non-hydrogen) atoms. The van der Waals surface area contributed by atoms with Crippen molar-refractivity contribution in [2.45, 2.75) is 19.9 Å². The average molecular weight is 350 g/mol. The molecule has 1 atom stereocenters. The van der Waals surface area contributed by atoms with Crippen LogP contribution < -0.4 is 5.32 Å². The zero-order valence-corrected chi connectivity index (χ0v) is 14.6. The van der Waals surface area contributed by atoms with Crippen LogP contribution in [-0.4, -0.2) is 20.7 Å². The number of carbonyl (C=O) groups excluding carboxylic acids is 1. The van der Waals surface area contributed by atoms with Crippen molar-refractivity contribution in [2.75, 3.05) is 0 Å². The van der Waals surface area contributed by atoms with Crippen LogP contribution in [0.3, 0.4) is 0 Å². The summed E-state index contributed by atoms with van der Waals surface area (Å²) in [5.74, 6) is -0.491. The molecule has 0 aliphatic carbocycles. The maximum Gasteiger partial charge on any atom is 0.244 e. The van der Waals surface area contributed by atoms with E-state index < -0.39 is 0 Å². The van der Waals surface area contributed by atoms with Crippen molar-refractivity contribution in [2.24, 2.45) is 0 Å². The van der Waals surface area contributed by atoms with Gasteiger partial charge in [0.1, 0.15) is 5.82 Å². The highest BCUT2D eigenvalue weighted by atomic mass is 19.1. The van der Waals surface area contributed by atoms with Gasteiger partial charge in [-0.2, -0.15) is 5.10 Å². The first-order chi connectivity index (χ1) is 12.5. The van der Waals surface area contributed by atoms with E-state index in [1.165, 1.54) is 18.2 Å². The number of pyridine rings is 1. The highest BCUT2D eigenvalue weighted by molar-refractivity contribution is 5.91. The molecule has 1 aromatic carbocycles.